The van der Waals surface area contributed by atoms with E-state index in [1.165, 1.54) is 24.3 Å². The van der Waals surface area contributed by atoms with E-state index in [9.17, 15) is 13.6 Å². The van der Waals surface area contributed by atoms with Crippen molar-refractivity contribution >= 4 is 17.4 Å². The molecule has 0 atom stereocenters. The predicted octanol–water partition coefficient (Wildman–Crippen LogP) is 3.88. The van der Waals surface area contributed by atoms with Crippen LogP contribution in [0.4, 0.5) is 14.5 Å². The van der Waals surface area contributed by atoms with E-state index in [2.05, 4.69) is 16.9 Å². The zero-order valence-electron chi connectivity index (χ0n) is 17.1. The highest BCUT2D eigenvalue weighted by Crippen LogP contribution is 2.28. The monoisotopic (exact) mass is 413 g/mol. The molecule has 0 saturated carbocycles. The standard InChI is InChI=1S/C22H25F2N5O/c1-4-12-26-21(29-15-13-28(14-16-29)20(30)6-5-11-25)17(2)27-19-9-7-18(8-10-19)22(3,23)24/h4-10,12,27H,2,13-16H2,1,3H3/b6-5-,12-4-,26-21?. The van der Waals surface area contributed by atoms with Gasteiger partial charge < -0.3 is 15.1 Å². The second kappa shape index (κ2) is 10.3. The quantitative estimate of drug-likeness (QED) is 0.333. The minimum absolute atomic E-state index is 0.0623. The first-order chi connectivity index (χ1) is 14.3. The van der Waals surface area contributed by atoms with Crippen molar-refractivity contribution < 1.29 is 13.6 Å². The number of amidine groups is 1. The Balaban J connectivity index is 2.07. The minimum Gasteiger partial charge on any atom is -0.353 e. The number of nitrogens with zero attached hydrogens (tertiary/aromatic N) is 4. The Morgan fingerprint density at radius 3 is 2.37 bits per heavy atom. The van der Waals surface area contributed by atoms with Gasteiger partial charge in [0.05, 0.1) is 11.8 Å². The lowest BCUT2D eigenvalue weighted by molar-refractivity contribution is -0.127. The number of anilines is 1. The SMILES string of the molecule is C=C(Nc1ccc(C(C)(F)F)cc1)C(=N/C=C\C)N1CCN(C(=O)/C=C\C#N)CC1. The van der Waals surface area contributed by atoms with Crippen LogP contribution in [-0.4, -0.2) is 47.7 Å². The molecule has 1 amide bonds. The van der Waals surface area contributed by atoms with E-state index in [4.69, 9.17) is 5.26 Å². The molecule has 1 fully saturated rings. The summed E-state index contributed by atoms with van der Waals surface area (Å²) in [4.78, 5) is 20.1. The van der Waals surface area contributed by atoms with Gasteiger partial charge in [0.25, 0.3) is 5.92 Å². The van der Waals surface area contributed by atoms with Crippen molar-refractivity contribution in [3.8, 4) is 6.07 Å². The Kier molecular flexibility index (Phi) is 7.87. The van der Waals surface area contributed by atoms with E-state index < -0.39 is 5.92 Å². The van der Waals surface area contributed by atoms with Crippen LogP contribution in [0.15, 0.2) is 66.0 Å². The summed E-state index contributed by atoms with van der Waals surface area (Å²) in [5, 5.41) is 11.7. The van der Waals surface area contributed by atoms with Crippen LogP contribution in [0.3, 0.4) is 0 Å². The van der Waals surface area contributed by atoms with Crippen molar-refractivity contribution in [1.82, 2.24) is 9.80 Å². The third-order valence-electron chi connectivity index (χ3n) is 4.49. The van der Waals surface area contributed by atoms with Crippen LogP contribution in [0, 0.1) is 11.3 Å². The van der Waals surface area contributed by atoms with Gasteiger partial charge in [0.2, 0.25) is 5.91 Å². The fraction of sp³-hybridized carbons (Fsp3) is 0.318. The molecule has 1 aliphatic heterocycles. The highest BCUT2D eigenvalue weighted by molar-refractivity contribution is 6.00. The molecule has 0 spiro atoms. The van der Waals surface area contributed by atoms with Crippen molar-refractivity contribution in [2.24, 2.45) is 4.99 Å². The number of piperazine rings is 1. The molecule has 0 aromatic heterocycles. The molecule has 1 aliphatic rings. The zero-order valence-corrected chi connectivity index (χ0v) is 17.1. The number of alkyl halides is 2. The summed E-state index contributed by atoms with van der Waals surface area (Å²) in [5.41, 5.74) is 1.08. The van der Waals surface area contributed by atoms with Crippen LogP contribution < -0.4 is 5.32 Å². The number of nitriles is 1. The second-order valence-electron chi connectivity index (χ2n) is 6.78. The van der Waals surface area contributed by atoms with E-state index in [0.29, 0.717) is 43.4 Å². The molecule has 2 rings (SSSR count). The fourth-order valence-electron chi connectivity index (χ4n) is 2.92. The fourth-order valence-corrected chi connectivity index (χ4v) is 2.92. The number of benzene rings is 1. The van der Waals surface area contributed by atoms with Gasteiger partial charge >= 0.3 is 0 Å². The average Bonchev–Trinajstić information content (AvgIpc) is 2.72. The number of aliphatic imine (C=N–C) groups is 1. The predicted molar refractivity (Wildman–Crippen MR) is 114 cm³/mol. The molecular weight excluding hydrogens is 388 g/mol. The molecular formula is C22H25F2N5O. The lowest BCUT2D eigenvalue weighted by Crippen LogP contribution is -2.51. The average molecular weight is 413 g/mol. The number of carbonyl (C=O) groups excluding carboxylic acids is 1. The van der Waals surface area contributed by atoms with Gasteiger partial charge in [0.15, 0.2) is 5.84 Å². The smallest absolute Gasteiger partial charge is 0.270 e. The van der Waals surface area contributed by atoms with Gasteiger partial charge in [0, 0.05) is 62.7 Å². The first kappa shape index (κ1) is 22.8. The van der Waals surface area contributed by atoms with Crippen molar-refractivity contribution in [2.45, 2.75) is 19.8 Å². The highest BCUT2D eigenvalue weighted by Gasteiger charge is 2.25. The molecule has 30 heavy (non-hydrogen) atoms. The number of hydrogen-bond acceptors (Lipinski definition) is 4. The minimum atomic E-state index is -2.90. The normalized spacial score (nSPS) is 15.5. The number of nitrogens with one attached hydrogen (secondary N) is 1. The molecule has 1 heterocycles. The molecule has 0 unspecified atom stereocenters. The maximum absolute atomic E-state index is 13.4. The molecule has 0 aliphatic carbocycles. The van der Waals surface area contributed by atoms with Gasteiger partial charge in [-0.25, -0.2) is 13.8 Å². The Hall–Kier alpha value is -3.47. The highest BCUT2D eigenvalue weighted by atomic mass is 19.3. The third-order valence-corrected chi connectivity index (χ3v) is 4.49. The largest absolute Gasteiger partial charge is 0.353 e. The Morgan fingerprint density at radius 1 is 1.23 bits per heavy atom. The van der Waals surface area contributed by atoms with Gasteiger partial charge in [-0.15, -0.1) is 0 Å². The third kappa shape index (κ3) is 6.27. The number of rotatable bonds is 6. The number of hydrogen-bond donors (Lipinski definition) is 1. The summed E-state index contributed by atoms with van der Waals surface area (Å²) >= 11 is 0. The Morgan fingerprint density at radius 2 is 1.83 bits per heavy atom. The maximum atomic E-state index is 13.4. The topological polar surface area (TPSA) is 71.7 Å². The van der Waals surface area contributed by atoms with E-state index in [1.807, 2.05) is 17.9 Å². The van der Waals surface area contributed by atoms with Gasteiger partial charge in [-0.2, -0.15) is 5.26 Å². The van der Waals surface area contributed by atoms with Crippen LogP contribution in [0.1, 0.15) is 19.4 Å². The van der Waals surface area contributed by atoms with Crippen LogP contribution in [0.2, 0.25) is 0 Å². The summed E-state index contributed by atoms with van der Waals surface area (Å²) in [6.45, 7) is 8.81. The molecule has 1 aromatic rings. The number of carbonyl (C=O) groups is 1. The molecule has 1 aromatic carbocycles. The van der Waals surface area contributed by atoms with Crippen molar-refractivity contribution in [3.63, 3.8) is 0 Å². The van der Waals surface area contributed by atoms with Crippen molar-refractivity contribution in [2.75, 3.05) is 31.5 Å². The summed E-state index contributed by atoms with van der Waals surface area (Å²) in [6, 6.07) is 7.70. The van der Waals surface area contributed by atoms with Crippen LogP contribution in [0.25, 0.3) is 0 Å². The van der Waals surface area contributed by atoms with Gasteiger partial charge in [0.1, 0.15) is 0 Å². The number of halogens is 2. The molecule has 6 nitrogen and oxygen atoms in total. The molecule has 1 N–H and O–H groups in total. The summed E-state index contributed by atoms with van der Waals surface area (Å²) in [7, 11) is 0. The van der Waals surface area contributed by atoms with E-state index >= 15 is 0 Å². The van der Waals surface area contributed by atoms with Crippen LogP contribution in [0.5, 0.6) is 0 Å². The van der Waals surface area contributed by atoms with Crippen molar-refractivity contribution in [3.05, 3.63) is 66.5 Å². The van der Waals surface area contributed by atoms with Crippen molar-refractivity contribution in [1.29, 1.82) is 5.26 Å². The molecule has 0 radical (unpaired) electrons. The molecule has 158 valence electrons. The summed E-state index contributed by atoms with van der Waals surface area (Å²) in [5.74, 6) is -2.49. The van der Waals surface area contributed by atoms with Gasteiger partial charge in [-0.3, -0.25) is 4.79 Å². The molecule has 0 bridgehead atoms. The Bertz CT molecular complexity index is 884. The maximum Gasteiger partial charge on any atom is 0.270 e. The lowest BCUT2D eigenvalue weighted by atomic mass is 10.1. The second-order valence-corrected chi connectivity index (χ2v) is 6.78. The van der Waals surface area contributed by atoms with E-state index in [1.54, 1.807) is 29.3 Å². The van der Waals surface area contributed by atoms with E-state index in [0.717, 1.165) is 6.92 Å². The van der Waals surface area contributed by atoms with Gasteiger partial charge in [-0.05, 0) is 19.1 Å². The van der Waals surface area contributed by atoms with Crippen LogP contribution >= 0.6 is 0 Å². The summed E-state index contributed by atoms with van der Waals surface area (Å²) in [6.07, 6.45) is 5.86. The van der Waals surface area contributed by atoms with Crippen LogP contribution in [-0.2, 0) is 10.7 Å². The first-order valence-corrected chi connectivity index (χ1v) is 9.50. The number of amides is 1. The van der Waals surface area contributed by atoms with Gasteiger partial charge in [-0.1, -0.05) is 24.8 Å². The molecule has 1 saturated heterocycles. The lowest BCUT2D eigenvalue weighted by Gasteiger charge is -2.36. The summed E-state index contributed by atoms with van der Waals surface area (Å²) < 4.78 is 26.8. The number of allylic oxidation sites excluding steroid dienone is 2. The Labute approximate surface area is 175 Å². The van der Waals surface area contributed by atoms with E-state index in [-0.39, 0.29) is 11.5 Å². The zero-order chi connectivity index (χ0) is 22.1. The molecule has 8 heteroatoms. The first-order valence-electron chi connectivity index (χ1n) is 9.50.